The van der Waals surface area contributed by atoms with E-state index in [1.807, 2.05) is 0 Å². The summed E-state index contributed by atoms with van der Waals surface area (Å²) in [7, 11) is 2.86. The maximum atomic E-state index is 11.9. The van der Waals surface area contributed by atoms with Gasteiger partial charge >= 0.3 is 6.03 Å². The number of hydrogen-bond donors (Lipinski definition) is 3. The number of hydrogen-bond acceptors (Lipinski definition) is 6. The second kappa shape index (κ2) is 12.2. The Bertz CT molecular complexity index is 701. The molecule has 146 valence electrons. The van der Waals surface area contributed by atoms with Crippen molar-refractivity contribution in [2.24, 2.45) is 4.99 Å². The third kappa shape index (κ3) is 7.70. The fraction of sp³-hybridized carbons (Fsp3) is 0.444. The molecule has 9 heteroatoms. The van der Waals surface area contributed by atoms with Crippen LogP contribution in [0.5, 0.6) is 5.75 Å². The molecule has 0 aliphatic rings. The van der Waals surface area contributed by atoms with E-state index in [1.54, 1.807) is 24.3 Å². The molecular weight excluding hydrogens is 352 g/mol. The standard InChI is InChI=1S/C18H24N4O5/c1-19-17(25)16(24)14(21-12-23)9-4-3-7-11-20-18(26)22-13-8-5-6-10-15(13)27-2/h5-6,8,10,14H,3-4,7,9,11H2,1-2H3,(H,19,25)(H2,20,22,26). The number of amides is 3. The number of para-hydroxylation sites is 2. The van der Waals surface area contributed by atoms with E-state index in [4.69, 9.17) is 4.74 Å². The molecule has 0 fully saturated rings. The molecule has 0 spiro atoms. The maximum Gasteiger partial charge on any atom is 0.319 e. The molecule has 0 aliphatic heterocycles. The molecule has 3 N–H and O–H groups in total. The van der Waals surface area contributed by atoms with Crippen molar-refractivity contribution in [3.8, 4) is 5.75 Å². The third-order valence-corrected chi connectivity index (χ3v) is 3.76. The van der Waals surface area contributed by atoms with Crippen LogP contribution in [0, 0.1) is 0 Å². The Balaban J connectivity index is 2.29. The average Bonchev–Trinajstić information content (AvgIpc) is 2.68. The minimum absolute atomic E-state index is 0.273. The van der Waals surface area contributed by atoms with Crippen LogP contribution in [0.25, 0.3) is 0 Å². The van der Waals surface area contributed by atoms with E-state index in [1.165, 1.54) is 20.2 Å². The summed E-state index contributed by atoms with van der Waals surface area (Å²) in [5.74, 6) is -0.973. The summed E-state index contributed by atoms with van der Waals surface area (Å²) < 4.78 is 5.16. The van der Waals surface area contributed by atoms with Gasteiger partial charge in [0.2, 0.25) is 11.9 Å². The van der Waals surface area contributed by atoms with Gasteiger partial charge in [-0.05, 0) is 25.0 Å². The van der Waals surface area contributed by atoms with Crippen molar-refractivity contribution in [1.82, 2.24) is 10.6 Å². The molecule has 0 aliphatic carbocycles. The van der Waals surface area contributed by atoms with E-state index in [2.05, 4.69) is 20.9 Å². The Kier molecular flexibility index (Phi) is 9.88. The first-order chi connectivity index (χ1) is 13.0. The molecule has 1 unspecified atom stereocenters. The number of urea groups is 1. The summed E-state index contributed by atoms with van der Waals surface area (Å²) in [6.45, 7) is 0.436. The number of unbranched alkanes of at least 4 members (excludes halogenated alkanes) is 2. The number of isocyanates is 1. The zero-order valence-electron chi connectivity index (χ0n) is 15.4. The average molecular weight is 376 g/mol. The van der Waals surface area contributed by atoms with Crippen molar-refractivity contribution in [2.45, 2.75) is 31.7 Å². The normalized spacial score (nSPS) is 10.9. The monoisotopic (exact) mass is 376 g/mol. The molecule has 1 atom stereocenters. The minimum Gasteiger partial charge on any atom is -0.495 e. The van der Waals surface area contributed by atoms with Gasteiger partial charge in [-0.1, -0.05) is 25.0 Å². The van der Waals surface area contributed by atoms with Gasteiger partial charge in [-0.25, -0.2) is 9.59 Å². The van der Waals surface area contributed by atoms with Gasteiger partial charge in [0.05, 0.1) is 12.8 Å². The summed E-state index contributed by atoms with van der Waals surface area (Å²) in [6, 6.07) is 5.71. The lowest BCUT2D eigenvalue weighted by atomic mass is 10.0. The highest BCUT2D eigenvalue weighted by atomic mass is 16.5. The summed E-state index contributed by atoms with van der Waals surface area (Å²) in [5.41, 5.74) is 0.569. The van der Waals surface area contributed by atoms with Gasteiger partial charge in [0.25, 0.3) is 5.91 Å². The van der Waals surface area contributed by atoms with Crippen molar-refractivity contribution in [3.63, 3.8) is 0 Å². The zero-order valence-corrected chi connectivity index (χ0v) is 15.4. The lowest BCUT2D eigenvalue weighted by molar-refractivity contribution is -0.138. The van der Waals surface area contributed by atoms with Crippen LogP contribution in [0.2, 0.25) is 0 Å². The van der Waals surface area contributed by atoms with Gasteiger partial charge in [0.15, 0.2) is 0 Å². The predicted octanol–water partition coefficient (Wildman–Crippen LogP) is 1.40. The zero-order chi connectivity index (χ0) is 20.1. The number of carbonyl (C=O) groups excluding carboxylic acids is 4. The van der Waals surface area contributed by atoms with Crippen LogP contribution in [0.3, 0.4) is 0 Å². The van der Waals surface area contributed by atoms with Crippen LogP contribution < -0.4 is 20.7 Å². The van der Waals surface area contributed by atoms with Gasteiger partial charge in [0, 0.05) is 13.6 Å². The fourth-order valence-corrected chi connectivity index (χ4v) is 2.35. The molecule has 0 bridgehead atoms. The minimum atomic E-state index is -1.01. The number of likely N-dealkylation sites (N-methyl/N-ethyl adjacent to an activating group) is 1. The summed E-state index contributed by atoms with van der Waals surface area (Å²) >= 11 is 0. The number of nitrogens with zero attached hydrogens (tertiary/aromatic N) is 1. The Labute approximate surface area is 157 Å². The second-order valence-electron chi connectivity index (χ2n) is 5.61. The first-order valence-electron chi connectivity index (χ1n) is 8.54. The maximum absolute atomic E-state index is 11.9. The summed E-state index contributed by atoms with van der Waals surface area (Å²) in [5, 5.41) is 7.64. The number of Topliss-reactive ketones (excluding diaryl/α,β-unsaturated/α-hetero) is 1. The lowest BCUT2D eigenvalue weighted by Crippen LogP contribution is -2.35. The van der Waals surface area contributed by atoms with Gasteiger partial charge in [0.1, 0.15) is 11.8 Å². The summed E-state index contributed by atoms with van der Waals surface area (Å²) in [4.78, 5) is 48.7. The number of ether oxygens (including phenoxy) is 1. The molecule has 1 aromatic rings. The van der Waals surface area contributed by atoms with Crippen LogP contribution in [0.4, 0.5) is 10.5 Å². The molecule has 3 amide bonds. The molecule has 0 saturated carbocycles. The van der Waals surface area contributed by atoms with Crippen LogP contribution in [0.15, 0.2) is 29.3 Å². The molecule has 0 aromatic heterocycles. The third-order valence-electron chi connectivity index (χ3n) is 3.76. The molecule has 27 heavy (non-hydrogen) atoms. The number of nitrogens with one attached hydrogen (secondary N) is 3. The topological polar surface area (TPSA) is 126 Å². The van der Waals surface area contributed by atoms with Crippen molar-refractivity contribution >= 4 is 29.5 Å². The van der Waals surface area contributed by atoms with Gasteiger partial charge in [-0.15, -0.1) is 0 Å². The fourth-order valence-electron chi connectivity index (χ4n) is 2.35. The number of ketones is 1. The highest BCUT2D eigenvalue weighted by Crippen LogP contribution is 2.22. The quantitative estimate of drug-likeness (QED) is 0.233. The highest BCUT2D eigenvalue weighted by Gasteiger charge is 2.23. The Morgan fingerprint density at radius 3 is 2.59 bits per heavy atom. The Hall–Kier alpha value is -3.19. The van der Waals surface area contributed by atoms with Crippen molar-refractivity contribution in [1.29, 1.82) is 0 Å². The van der Waals surface area contributed by atoms with Crippen LogP contribution in [-0.2, 0) is 14.4 Å². The SMILES string of the molecule is CNC(=O)C(=O)C(CCCCCNC(=O)Nc1ccccc1OC)N=C=O. The van der Waals surface area contributed by atoms with Crippen molar-refractivity contribution < 1.29 is 23.9 Å². The molecule has 1 aromatic carbocycles. The van der Waals surface area contributed by atoms with E-state index in [0.717, 1.165) is 0 Å². The van der Waals surface area contributed by atoms with Gasteiger partial charge in [-0.3, -0.25) is 9.59 Å². The van der Waals surface area contributed by atoms with Crippen molar-refractivity contribution in [3.05, 3.63) is 24.3 Å². The molecule has 0 saturated heterocycles. The molecule has 0 heterocycles. The smallest absolute Gasteiger partial charge is 0.319 e. The van der Waals surface area contributed by atoms with Crippen LogP contribution in [-0.4, -0.2) is 50.5 Å². The van der Waals surface area contributed by atoms with E-state index >= 15 is 0 Å². The number of methoxy groups -OCH3 is 1. The number of rotatable bonds is 11. The highest BCUT2D eigenvalue weighted by molar-refractivity contribution is 6.38. The number of aliphatic imine (C=N–C) groups is 1. The largest absolute Gasteiger partial charge is 0.495 e. The first-order valence-corrected chi connectivity index (χ1v) is 8.54. The van der Waals surface area contributed by atoms with E-state index in [9.17, 15) is 19.2 Å². The molecule has 1 rings (SSSR count). The van der Waals surface area contributed by atoms with Crippen LogP contribution in [0.1, 0.15) is 25.7 Å². The Morgan fingerprint density at radius 1 is 1.19 bits per heavy atom. The van der Waals surface area contributed by atoms with E-state index in [0.29, 0.717) is 37.2 Å². The molecular formula is C18H24N4O5. The number of carbonyl (C=O) groups is 3. The van der Waals surface area contributed by atoms with Crippen LogP contribution >= 0.6 is 0 Å². The van der Waals surface area contributed by atoms with Gasteiger partial charge in [-0.2, -0.15) is 4.99 Å². The Morgan fingerprint density at radius 2 is 1.93 bits per heavy atom. The second-order valence-corrected chi connectivity index (χ2v) is 5.61. The first kappa shape index (κ1) is 21.9. The van der Waals surface area contributed by atoms with E-state index < -0.39 is 17.7 Å². The van der Waals surface area contributed by atoms with E-state index in [-0.39, 0.29) is 12.5 Å². The predicted molar refractivity (Wildman–Crippen MR) is 99.5 cm³/mol. The number of benzene rings is 1. The van der Waals surface area contributed by atoms with Crippen molar-refractivity contribution in [2.75, 3.05) is 26.0 Å². The molecule has 9 nitrogen and oxygen atoms in total. The lowest BCUT2D eigenvalue weighted by Gasteiger charge is -2.11. The summed E-state index contributed by atoms with van der Waals surface area (Å²) in [6.07, 6.45) is 3.54. The van der Waals surface area contributed by atoms with Gasteiger partial charge < -0.3 is 20.7 Å². The molecule has 0 radical (unpaired) electrons. The number of anilines is 1.